The molecule has 1 heterocycles. The topological polar surface area (TPSA) is 21.1 Å². The van der Waals surface area contributed by atoms with Crippen LogP contribution in [0.25, 0.3) is 0 Å². The van der Waals surface area contributed by atoms with Crippen molar-refractivity contribution >= 4 is 0 Å². The lowest BCUT2D eigenvalue weighted by Crippen LogP contribution is -2.42. The Kier molecular flexibility index (Phi) is 11.8. The van der Waals surface area contributed by atoms with E-state index in [4.69, 9.17) is 0 Å². The van der Waals surface area contributed by atoms with Gasteiger partial charge in [0.25, 0.3) is 0 Å². The third kappa shape index (κ3) is 13.6. The fourth-order valence-corrected chi connectivity index (χ4v) is 4.01. The van der Waals surface area contributed by atoms with Crippen LogP contribution in [0.15, 0.2) is 43.0 Å². The Balaban J connectivity index is 2.27. The monoisotopic (exact) mass is 429 g/mol. The molecule has 0 saturated heterocycles. The average molecular weight is 430 g/mol. The van der Waals surface area contributed by atoms with Crippen LogP contribution in [-0.2, 0) is 6.54 Å². The van der Waals surface area contributed by atoms with Gasteiger partial charge in [-0.25, -0.2) is 4.98 Å². The van der Waals surface area contributed by atoms with Crippen LogP contribution in [0, 0.1) is 11.3 Å². The number of hydrogen-bond acceptors (Lipinski definition) is 2. The van der Waals surface area contributed by atoms with Crippen LogP contribution in [0.4, 0.5) is 0 Å². The summed E-state index contributed by atoms with van der Waals surface area (Å²) < 4.78 is 2.17. The van der Waals surface area contributed by atoms with E-state index in [-0.39, 0.29) is 5.54 Å². The third-order valence-corrected chi connectivity index (χ3v) is 6.18. The molecule has 0 radical (unpaired) electrons. The summed E-state index contributed by atoms with van der Waals surface area (Å²) in [5.41, 5.74) is 3.43. The molecule has 0 saturated carbocycles. The zero-order chi connectivity index (χ0) is 23.5. The van der Waals surface area contributed by atoms with Crippen molar-refractivity contribution in [3.05, 3.63) is 43.0 Å². The molecule has 0 aliphatic rings. The molecule has 0 aliphatic heterocycles. The van der Waals surface area contributed by atoms with Crippen molar-refractivity contribution in [3.63, 3.8) is 0 Å². The van der Waals surface area contributed by atoms with Gasteiger partial charge in [-0.3, -0.25) is 4.90 Å². The number of aryl methyl sites for hydroxylation is 1. The lowest BCUT2D eigenvalue weighted by molar-refractivity contribution is 0.134. The first-order valence-electron chi connectivity index (χ1n) is 12.4. The van der Waals surface area contributed by atoms with Crippen LogP contribution in [0.2, 0.25) is 0 Å². The molecule has 1 rings (SSSR count). The summed E-state index contributed by atoms with van der Waals surface area (Å²) in [6.45, 7) is 28.2. The Morgan fingerprint density at radius 3 is 2.26 bits per heavy atom. The van der Waals surface area contributed by atoms with Crippen molar-refractivity contribution in [1.82, 2.24) is 14.5 Å². The van der Waals surface area contributed by atoms with E-state index in [1.54, 1.807) is 0 Å². The Hall–Kier alpha value is -1.35. The minimum Gasteiger partial charge on any atom is -0.337 e. The fourth-order valence-electron chi connectivity index (χ4n) is 4.01. The zero-order valence-corrected chi connectivity index (χ0v) is 21.8. The van der Waals surface area contributed by atoms with Gasteiger partial charge in [-0.1, -0.05) is 58.4 Å². The first-order chi connectivity index (χ1) is 14.4. The van der Waals surface area contributed by atoms with E-state index in [0.29, 0.717) is 11.3 Å². The zero-order valence-electron chi connectivity index (χ0n) is 21.8. The van der Waals surface area contributed by atoms with E-state index in [1.165, 1.54) is 43.3 Å². The van der Waals surface area contributed by atoms with E-state index < -0.39 is 0 Å². The van der Waals surface area contributed by atoms with Gasteiger partial charge in [0.15, 0.2) is 0 Å². The third-order valence-electron chi connectivity index (χ3n) is 6.18. The van der Waals surface area contributed by atoms with Crippen LogP contribution >= 0.6 is 0 Å². The van der Waals surface area contributed by atoms with Crippen LogP contribution in [0.1, 0.15) is 99.8 Å². The SMILES string of the molecule is C=C(CCCC(C)CC(=C)CCN(CCCn1ccnc1)C(C)(C)C)CCC(C)(C)C. The van der Waals surface area contributed by atoms with Gasteiger partial charge in [-0.2, -0.15) is 0 Å². The molecule has 0 spiro atoms. The summed E-state index contributed by atoms with van der Waals surface area (Å²) in [4.78, 5) is 6.75. The standard InChI is InChI=1S/C28H51N3/c1-24(14-16-27(4,5)6)12-10-13-25(2)22-26(3)15-20-31(28(7,8)9)19-11-18-30-21-17-29-23-30/h17,21,23,25H,1,3,10-16,18-20,22H2,2,4-9H3. The van der Waals surface area contributed by atoms with Gasteiger partial charge in [-0.15, -0.1) is 0 Å². The van der Waals surface area contributed by atoms with Crippen molar-refractivity contribution in [2.24, 2.45) is 11.3 Å². The van der Waals surface area contributed by atoms with Gasteiger partial charge in [0.2, 0.25) is 0 Å². The molecule has 0 aromatic carbocycles. The van der Waals surface area contributed by atoms with Crippen molar-refractivity contribution in [2.45, 2.75) is 112 Å². The van der Waals surface area contributed by atoms with Crippen molar-refractivity contribution in [2.75, 3.05) is 13.1 Å². The Morgan fingerprint density at radius 1 is 0.968 bits per heavy atom. The molecule has 1 aromatic rings. The number of imidazole rings is 1. The summed E-state index contributed by atoms with van der Waals surface area (Å²) in [5.74, 6) is 0.715. The van der Waals surface area contributed by atoms with Crippen LogP contribution in [0.5, 0.6) is 0 Å². The molecular weight excluding hydrogens is 378 g/mol. The lowest BCUT2D eigenvalue weighted by Gasteiger charge is -2.36. The number of hydrogen-bond donors (Lipinski definition) is 0. The minimum absolute atomic E-state index is 0.189. The van der Waals surface area contributed by atoms with Crippen molar-refractivity contribution < 1.29 is 0 Å². The summed E-state index contributed by atoms with van der Waals surface area (Å²) in [7, 11) is 0. The maximum Gasteiger partial charge on any atom is 0.0945 e. The van der Waals surface area contributed by atoms with E-state index in [1.807, 2.05) is 18.7 Å². The molecule has 0 aliphatic carbocycles. The van der Waals surface area contributed by atoms with Crippen LogP contribution in [0.3, 0.4) is 0 Å². The lowest BCUT2D eigenvalue weighted by atomic mass is 9.87. The van der Waals surface area contributed by atoms with Gasteiger partial charge < -0.3 is 4.57 Å². The second-order valence-corrected chi connectivity index (χ2v) is 11.8. The first kappa shape index (κ1) is 27.7. The highest BCUT2D eigenvalue weighted by Gasteiger charge is 2.21. The number of rotatable bonds is 15. The van der Waals surface area contributed by atoms with Crippen LogP contribution in [-0.4, -0.2) is 33.1 Å². The van der Waals surface area contributed by atoms with E-state index in [2.05, 4.69) is 76.1 Å². The molecule has 3 heteroatoms. The molecule has 1 atom stereocenters. The first-order valence-corrected chi connectivity index (χ1v) is 12.4. The van der Waals surface area contributed by atoms with Crippen LogP contribution < -0.4 is 0 Å². The highest BCUT2D eigenvalue weighted by atomic mass is 15.2. The van der Waals surface area contributed by atoms with E-state index in [9.17, 15) is 0 Å². The Morgan fingerprint density at radius 2 is 1.68 bits per heavy atom. The molecule has 31 heavy (non-hydrogen) atoms. The Bertz CT molecular complexity index is 628. The van der Waals surface area contributed by atoms with Gasteiger partial charge in [0.1, 0.15) is 0 Å². The molecule has 0 N–H and O–H groups in total. The fraction of sp³-hybridized carbons (Fsp3) is 0.750. The van der Waals surface area contributed by atoms with Crippen molar-refractivity contribution in [3.8, 4) is 0 Å². The van der Waals surface area contributed by atoms with Gasteiger partial charge in [0.05, 0.1) is 6.33 Å². The van der Waals surface area contributed by atoms with Gasteiger partial charge in [-0.05, 0) is 77.0 Å². The molecule has 0 bridgehead atoms. The summed E-state index contributed by atoms with van der Waals surface area (Å²) in [5, 5.41) is 0. The normalized spacial score (nSPS) is 13.5. The second-order valence-electron chi connectivity index (χ2n) is 11.8. The summed E-state index contributed by atoms with van der Waals surface area (Å²) in [6.07, 6.45) is 15.4. The van der Waals surface area contributed by atoms with E-state index in [0.717, 1.165) is 38.9 Å². The smallest absolute Gasteiger partial charge is 0.0945 e. The second kappa shape index (κ2) is 13.3. The molecular formula is C28H51N3. The number of nitrogens with zero attached hydrogens (tertiary/aromatic N) is 3. The van der Waals surface area contributed by atoms with Crippen molar-refractivity contribution in [1.29, 1.82) is 0 Å². The minimum atomic E-state index is 0.189. The predicted molar refractivity (Wildman–Crippen MR) is 137 cm³/mol. The number of allylic oxidation sites excluding steroid dienone is 1. The Labute approximate surface area is 194 Å². The summed E-state index contributed by atoms with van der Waals surface area (Å²) >= 11 is 0. The molecule has 0 fully saturated rings. The highest BCUT2D eigenvalue weighted by Crippen LogP contribution is 2.26. The molecule has 3 nitrogen and oxygen atoms in total. The largest absolute Gasteiger partial charge is 0.337 e. The molecule has 1 aromatic heterocycles. The molecule has 178 valence electrons. The summed E-state index contributed by atoms with van der Waals surface area (Å²) in [6, 6.07) is 0. The van der Waals surface area contributed by atoms with Gasteiger partial charge in [0, 0.05) is 37.6 Å². The predicted octanol–water partition coefficient (Wildman–Crippen LogP) is 7.90. The maximum atomic E-state index is 4.41. The molecule has 0 amide bonds. The van der Waals surface area contributed by atoms with Gasteiger partial charge >= 0.3 is 0 Å². The maximum absolute atomic E-state index is 4.41. The average Bonchev–Trinajstić information content (AvgIpc) is 3.14. The molecule has 1 unspecified atom stereocenters. The quantitative estimate of drug-likeness (QED) is 0.264. The van der Waals surface area contributed by atoms with E-state index >= 15 is 0 Å². The highest BCUT2D eigenvalue weighted by molar-refractivity contribution is 4.98. The number of aromatic nitrogens is 2.